The molecule has 0 radical (unpaired) electrons. The van der Waals surface area contributed by atoms with E-state index < -0.39 is 21.7 Å². The van der Waals surface area contributed by atoms with Gasteiger partial charge in [0.1, 0.15) is 12.4 Å². The van der Waals surface area contributed by atoms with Gasteiger partial charge in [0.2, 0.25) is 15.9 Å². The van der Waals surface area contributed by atoms with Crippen LogP contribution in [0.15, 0.2) is 48.5 Å². The largest absolute Gasteiger partial charge is 0.350 e. The second kappa shape index (κ2) is 8.11. The van der Waals surface area contributed by atoms with Gasteiger partial charge >= 0.3 is 0 Å². The highest BCUT2D eigenvalue weighted by atomic mass is 32.2. The van der Waals surface area contributed by atoms with Gasteiger partial charge in [-0.1, -0.05) is 43.3 Å². The molecular formula is C18H21FN2O3S. The van der Waals surface area contributed by atoms with Crippen LogP contribution in [0.3, 0.4) is 0 Å². The van der Waals surface area contributed by atoms with Crippen molar-refractivity contribution in [2.24, 2.45) is 0 Å². The molecule has 0 saturated heterocycles. The van der Waals surface area contributed by atoms with Gasteiger partial charge in [0.15, 0.2) is 0 Å². The Hall–Kier alpha value is -2.41. The number of rotatable bonds is 7. The summed E-state index contributed by atoms with van der Waals surface area (Å²) in [7, 11) is -3.64. The molecule has 1 amide bonds. The molecule has 0 heterocycles. The van der Waals surface area contributed by atoms with Gasteiger partial charge in [-0.15, -0.1) is 0 Å². The SMILES string of the molecule is CCc1ccccc1N(CC(=O)NCc1ccccc1F)S(C)(=O)=O. The first kappa shape index (κ1) is 18.9. The fourth-order valence-corrected chi connectivity index (χ4v) is 3.34. The highest BCUT2D eigenvalue weighted by Gasteiger charge is 2.22. The fourth-order valence-electron chi connectivity index (χ4n) is 2.46. The van der Waals surface area contributed by atoms with Crippen molar-refractivity contribution in [2.75, 3.05) is 17.1 Å². The van der Waals surface area contributed by atoms with Crippen molar-refractivity contribution in [3.63, 3.8) is 0 Å². The number of hydrogen-bond acceptors (Lipinski definition) is 3. The number of carbonyl (C=O) groups excluding carboxylic acids is 1. The lowest BCUT2D eigenvalue weighted by atomic mass is 10.1. The number of para-hydroxylation sites is 1. The second-order valence-corrected chi connectivity index (χ2v) is 7.53. The molecule has 25 heavy (non-hydrogen) atoms. The van der Waals surface area contributed by atoms with Gasteiger partial charge in [-0.2, -0.15) is 0 Å². The maximum atomic E-state index is 13.6. The number of carbonyl (C=O) groups is 1. The van der Waals surface area contributed by atoms with E-state index in [1.54, 1.807) is 30.3 Å². The highest BCUT2D eigenvalue weighted by Crippen LogP contribution is 2.23. The van der Waals surface area contributed by atoms with Gasteiger partial charge in [-0.05, 0) is 24.1 Å². The number of hydrogen-bond donors (Lipinski definition) is 1. The van der Waals surface area contributed by atoms with Gasteiger partial charge in [0, 0.05) is 12.1 Å². The van der Waals surface area contributed by atoms with Crippen LogP contribution >= 0.6 is 0 Å². The molecule has 2 aromatic rings. The lowest BCUT2D eigenvalue weighted by molar-refractivity contribution is -0.119. The number of aryl methyl sites for hydroxylation is 1. The maximum Gasteiger partial charge on any atom is 0.241 e. The Balaban J connectivity index is 2.15. The predicted octanol–water partition coefficient (Wildman–Crippen LogP) is 2.47. The third-order valence-electron chi connectivity index (χ3n) is 3.76. The zero-order chi connectivity index (χ0) is 18.4. The topological polar surface area (TPSA) is 66.5 Å². The average molecular weight is 364 g/mol. The summed E-state index contributed by atoms with van der Waals surface area (Å²) in [4.78, 5) is 12.2. The third-order valence-corrected chi connectivity index (χ3v) is 4.89. The van der Waals surface area contributed by atoms with Crippen molar-refractivity contribution in [3.05, 3.63) is 65.5 Å². The van der Waals surface area contributed by atoms with Crippen molar-refractivity contribution < 1.29 is 17.6 Å². The monoisotopic (exact) mass is 364 g/mol. The molecule has 0 saturated carbocycles. The van der Waals surface area contributed by atoms with Crippen LogP contribution in [0.5, 0.6) is 0 Å². The summed E-state index contributed by atoms with van der Waals surface area (Å²) >= 11 is 0. The van der Waals surface area contributed by atoms with Crippen molar-refractivity contribution in [2.45, 2.75) is 19.9 Å². The minimum absolute atomic E-state index is 0.00146. The number of benzene rings is 2. The summed E-state index contributed by atoms with van der Waals surface area (Å²) < 4.78 is 39.0. The smallest absolute Gasteiger partial charge is 0.241 e. The van der Waals surface area contributed by atoms with Crippen molar-refractivity contribution in [1.82, 2.24) is 5.32 Å². The average Bonchev–Trinajstić information content (AvgIpc) is 2.58. The Morgan fingerprint density at radius 1 is 1.08 bits per heavy atom. The standard InChI is InChI=1S/C18H21FN2O3S/c1-3-14-8-5-7-11-17(14)21(25(2,23)24)13-18(22)20-12-15-9-4-6-10-16(15)19/h4-11H,3,12-13H2,1-2H3,(H,20,22). The summed E-state index contributed by atoms with van der Waals surface area (Å²) in [5.74, 6) is -0.918. The molecule has 0 atom stereocenters. The van der Waals surface area contributed by atoms with E-state index >= 15 is 0 Å². The normalized spacial score (nSPS) is 11.2. The fraction of sp³-hybridized carbons (Fsp3) is 0.278. The van der Waals surface area contributed by atoms with Gasteiger partial charge in [-0.25, -0.2) is 12.8 Å². The van der Waals surface area contributed by atoms with E-state index in [1.165, 1.54) is 6.07 Å². The molecule has 0 spiro atoms. The van der Waals surface area contributed by atoms with Crippen molar-refractivity contribution in [3.8, 4) is 0 Å². The van der Waals surface area contributed by atoms with Crippen LogP contribution in [0.1, 0.15) is 18.1 Å². The molecule has 5 nitrogen and oxygen atoms in total. The van der Waals surface area contributed by atoms with Gasteiger partial charge in [-0.3, -0.25) is 9.10 Å². The molecule has 1 N–H and O–H groups in total. The number of halogens is 1. The van der Waals surface area contributed by atoms with Gasteiger partial charge in [0.05, 0.1) is 11.9 Å². The zero-order valence-corrected chi connectivity index (χ0v) is 15.0. The highest BCUT2D eigenvalue weighted by molar-refractivity contribution is 7.92. The number of amides is 1. The van der Waals surface area contributed by atoms with Crippen molar-refractivity contribution >= 4 is 21.6 Å². The van der Waals surface area contributed by atoms with E-state index in [1.807, 2.05) is 19.1 Å². The summed E-state index contributed by atoms with van der Waals surface area (Å²) in [5, 5.41) is 2.56. The first-order chi connectivity index (χ1) is 11.8. The van der Waals surface area contributed by atoms with Crippen LogP contribution in [-0.2, 0) is 27.8 Å². The minimum atomic E-state index is -3.64. The Labute approximate surface area is 147 Å². The van der Waals surface area contributed by atoms with E-state index in [4.69, 9.17) is 0 Å². The first-order valence-corrected chi connectivity index (χ1v) is 9.73. The second-order valence-electron chi connectivity index (χ2n) is 5.62. The zero-order valence-electron chi connectivity index (χ0n) is 14.2. The Bertz CT molecular complexity index is 853. The number of sulfonamides is 1. The molecule has 0 aromatic heterocycles. The molecule has 0 bridgehead atoms. The van der Waals surface area contributed by atoms with E-state index in [2.05, 4.69) is 5.32 Å². The van der Waals surface area contributed by atoms with Crippen LogP contribution in [-0.4, -0.2) is 27.1 Å². The minimum Gasteiger partial charge on any atom is -0.350 e. The van der Waals surface area contributed by atoms with Crippen molar-refractivity contribution in [1.29, 1.82) is 0 Å². The number of anilines is 1. The Kier molecular flexibility index (Phi) is 6.14. The third kappa shape index (κ3) is 5.03. The summed E-state index contributed by atoms with van der Waals surface area (Å²) in [5.41, 5.74) is 1.65. The lowest BCUT2D eigenvalue weighted by Gasteiger charge is -2.24. The van der Waals surface area contributed by atoms with Crippen LogP contribution in [0.4, 0.5) is 10.1 Å². The molecule has 0 unspecified atom stereocenters. The lowest BCUT2D eigenvalue weighted by Crippen LogP contribution is -2.40. The molecule has 0 aliphatic carbocycles. The quantitative estimate of drug-likeness (QED) is 0.821. The molecule has 0 aliphatic rings. The van der Waals surface area contributed by atoms with Crippen LogP contribution in [0.2, 0.25) is 0 Å². The van der Waals surface area contributed by atoms with Gasteiger partial charge < -0.3 is 5.32 Å². The van der Waals surface area contributed by atoms with Crippen LogP contribution in [0, 0.1) is 5.82 Å². The molecule has 2 rings (SSSR count). The Morgan fingerprint density at radius 3 is 2.28 bits per heavy atom. The molecule has 7 heteroatoms. The summed E-state index contributed by atoms with van der Waals surface area (Å²) in [6, 6.07) is 13.1. The van der Waals surface area contributed by atoms with E-state index in [9.17, 15) is 17.6 Å². The van der Waals surface area contributed by atoms with Gasteiger partial charge in [0.25, 0.3) is 0 Å². The molecular weight excluding hydrogens is 343 g/mol. The first-order valence-electron chi connectivity index (χ1n) is 7.88. The van der Waals surface area contributed by atoms with E-state index in [-0.39, 0.29) is 13.1 Å². The molecule has 0 aliphatic heterocycles. The number of nitrogens with zero attached hydrogens (tertiary/aromatic N) is 1. The molecule has 2 aromatic carbocycles. The maximum absolute atomic E-state index is 13.6. The van der Waals surface area contributed by atoms with Crippen LogP contribution in [0.25, 0.3) is 0 Å². The Morgan fingerprint density at radius 2 is 1.68 bits per heavy atom. The molecule has 0 fully saturated rings. The summed E-state index contributed by atoms with van der Waals surface area (Å²) in [6.45, 7) is 1.56. The summed E-state index contributed by atoms with van der Waals surface area (Å²) in [6.07, 6.45) is 1.70. The van der Waals surface area contributed by atoms with E-state index in [0.29, 0.717) is 17.7 Å². The molecule has 134 valence electrons. The predicted molar refractivity (Wildman–Crippen MR) is 96.3 cm³/mol. The van der Waals surface area contributed by atoms with E-state index in [0.717, 1.165) is 16.1 Å². The number of nitrogens with one attached hydrogen (secondary N) is 1. The van der Waals surface area contributed by atoms with Crippen LogP contribution < -0.4 is 9.62 Å².